The Morgan fingerprint density at radius 2 is 0.947 bits per heavy atom. The molecule has 0 fully saturated rings. The molecular weight excluding hydrogens is 240 g/mol. The molecule has 3 heteroatoms. The van der Waals surface area contributed by atoms with Crippen LogP contribution in [-0.2, 0) is 9.53 Å². The molecule has 0 saturated heterocycles. The van der Waals surface area contributed by atoms with Crippen molar-refractivity contribution < 1.29 is 15.0 Å². The lowest BCUT2D eigenvalue weighted by molar-refractivity contribution is -0.140. The van der Waals surface area contributed by atoms with Gasteiger partial charge in [0.1, 0.15) is 0 Å². The van der Waals surface area contributed by atoms with Crippen LogP contribution < -0.4 is 0 Å². The van der Waals surface area contributed by atoms with E-state index in [1.165, 1.54) is 6.92 Å². The van der Waals surface area contributed by atoms with Gasteiger partial charge in [-0.05, 0) is 6.92 Å². The lowest BCUT2D eigenvalue weighted by Crippen LogP contribution is -1.95. The molecule has 0 aliphatic carbocycles. The number of benzene rings is 2. The second kappa shape index (κ2) is 15.9. The summed E-state index contributed by atoms with van der Waals surface area (Å²) in [6.45, 7) is 3.65. The number of rotatable bonds is 1. The van der Waals surface area contributed by atoms with Gasteiger partial charge in [-0.15, -0.1) is 0 Å². The summed E-state index contributed by atoms with van der Waals surface area (Å²) in [7, 11) is 0. The van der Waals surface area contributed by atoms with Gasteiger partial charge in [0.2, 0.25) is 0 Å². The van der Waals surface area contributed by atoms with Crippen LogP contribution in [0.2, 0.25) is 0 Å². The molecular formula is C16H22O3. The van der Waals surface area contributed by atoms with E-state index < -0.39 is 0 Å². The van der Waals surface area contributed by atoms with E-state index in [2.05, 4.69) is 4.74 Å². The first-order valence-corrected chi connectivity index (χ1v) is 5.90. The number of carbonyl (C=O) groups excluding carboxylic acids is 1. The first kappa shape index (κ1) is 19.2. The Morgan fingerprint density at radius 1 is 0.737 bits per heavy atom. The Morgan fingerprint density at radius 3 is 1.00 bits per heavy atom. The molecule has 104 valence electrons. The summed E-state index contributed by atoms with van der Waals surface area (Å²) in [6, 6.07) is 24.0. The van der Waals surface area contributed by atoms with Crippen molar-refractivity contribution in [2.24, 2.45) is 0 Å². The molecule has 2 rings (SSSR count). The molecule has 0 spiro atoms. The van der Waals surface area contributed by atoms with Crippen LogP contribution in [0.5, 0.6) is 0 Å². The third-order valence-electron chi connectivity index (χ3n) is 1.68. The van der Waals surface area contributed by atoms with Crippen LogP contribution in [0.3, 0.4) is 0 Å². The largest absolute Gasteiger partial charge is 0.466 e. The highest BCUT2D eigenvalue weighted by atomic mass is 16.5. The third-order valence-corrected chi connectivity index (χ3v) is 1.68. The Kier molecular flexibility index (Phi) is 16.0. The van der Waals surface area contributed by atoms with E-state index in [0.717, 1.165) is 0 Å². The summed E-state index contributed by atoms with van der Waals surface area (Å²) in [6.07, 6.45) is 0. The van der Waals surface area contributed by atoms with Crippen molar-refractivity contribution >= 4 is 5.97 Å². The first-order chi connectivity index (χ1) is 8.77. The van der Waals surface area contributed by atoms with E-state index in [4.69, 9.17) is 0 Å². The van der Waals surface area contributed by atoms with Gasteiger partial charge in [-0.2, -0.15) is 0 Å². The number of hydrogen-bond donors (Lipinski definition) is 0. The van der Waals surface area contributed by atoms with Crippen LogP contribution in [0, 0.1) is 0 Å². The fraction of sp³-hybridized carbons (Fsp3) is 0.188. The van der Waals surface area contributed by atoms with Gasteiger partial charge in [-0.3, -0.25) is 4.79 Å². The van der Waals surface area contributed by atoms with Gasteiger partial charge in [-0.25, -0.2) is 0 Å². The quantitative estimate of drug-likeness (QED) is 0.741. The van der Waals surface area contributed by atoms with Crippen molar-refractivity contribution in [1.82, 2.24) is 0 Å². The smallest absolute Gasteiger partial charge is 0.302 e. The molecule has 0 bridgehead atoms. The van der Waals surface area contributed by atoms with Gasteiger partial charge in [0.15, 0.2) is 0 Å². The molecule has 2 N–H and O–H groups in total. The molecule has 0 atom stereocenters. The minimum Gasteiger partial charge on any atom is -0.466 e. The number of carbonyl (C=O) groups is 1. The maximum absolute atomic E-state index is 9.82. The number of esters is 1. The highest BCUT2D eigenvalue weighted by Gasteiger charge is 1.81. The molecule has 0 aliphatic heterocycles. The standard InChI is InChI=1S/2C6H6.C4H8O2.H2O/c2*1-2-4-6-5-3-1;1-3-6-4(2)5;/h2*1-6H;3H2,1-2H3;1H2. The molecule has 0 saturated carbocycles. The Labute approximate surface area is 115 Å². The Bertz CT molecular complexity index is 289. The molecule has 2 aromatic carbocycles. The highest BCUT2D eigenvalue weighted by Crippen LogP contribution is 1.80. The molecule has 19 heavy (non-hydrogen) atoms. The fourth-order valence-corrected chi connectivity index (χ4v) is 0.973. The molecule has 0 aliphatic rings. The van der Waals surface area contributed by atoms with Crippen LogP contribution in [0.4, 0.5) is 0 Å². The summed E-state index contributed by atoms with van der Waals surface area (Å²) >= 11 is 0. The van der Waals surface area contributed by atoms with E-state index in [1.54, 1.807) is 6.92 Å². The molecule has 0 aromatic heterocycles. The summed E-state index contributed by atoms with van der Waals surface area (Å²) in [5.41, 5.74) is 0. The lowest BCUT2D eigenvalue weighted by Gasteiger charge is -1.89. The zero-order valence-electron chi connectivity index (χ0n) is 11.5. The van der Waals surface area contributed by atoms with Gasteiger partial charge in [-0.1, -0.05) is 72.8 Å². The van der Waals surface area contributed by atoms with Crippen molar-refractivity contribution in [3.63, 3.8) is 0 Å². The lowest BCUT2D eigenvalue weighted by atomic mass is 10.4. The normalized spacial score (nSPS) is 7.47. The van der Waals surface area contributed by atoms with Gasteiger partial charge in [0.25, 0.3) is 0 Å². The Balaban J connectivity index is 0. The second-order valence-electron chi connectivity index (χ2n) is 3.23. The predicted molar refractivity (Wildman–Crippen MR) is 78.8 cm³/mol. The van der Waals surface area contributed by atoms with E-state index >= 15 is 0 Å². The van der Waals surface area contributed by atoms with Crippen LogP contribution in [-0.4, -0.2) is 18.1 Å². The van der Waals surface area contributed by atoms with Gasteiger partial charge in [0.05, 0.1) is 6.61 Å². The average Bonchev–Trinajstić information content (AvgIpc) is 2.44. The summed E-state index contributed by atoms with van der Waals surface area (Å²) in [5.74, 6) is -0.211. The maximum atomic E-state index is 9.82. The first-order valence-electron chi connectivity index (χ1n) is 5.90. The SMILES string of the molecule is CCOC(C)=O.O.c1ccccc1.c1ccccc1. The minimum atomic E-state index is -0.211. The van der Waals surface area contributed by atoms with Crippen molar-refractivity contribution in [3.8, 4) is 0 Å². The topological polar surface area (TPSA) is 57.8 Å². The molecule has 3 nitrogen and oxygen atoms in total. The fourth-order valence-electron chi connectivity index (χ4n) is 0.973. The van der Waals surface area contributed by atoms with Crippen LogP contribution in [0.25, 0.3) is 0 Å². The minimum absolute atomic E-state index is 0. The predicted octanol–water partition coefficient (Wildman–Crippen LogP) is 3.12. The van der Waals surface area contributed by atoms with Crippen molar-refractivity contribution in [3.05, 3.63) is 72.8 Å². The monoisotopic (exact) mass is 262 g/mol. The maximum Gasteiger partial charge on any atom is 0.302 e. The van der Waals surface area contributed by atoms with Crippen LogP contribution in [0.15, 0.2) is 72.8 Å². The van der Waals surface area contributed by atoms with Crippen LogP contribution in [0.1, 0.15) is 13.8 Å². The van der Waals surface area contributed by atoms with Gasteiger partial charge < -0.3 is 10.2 Å². The van der Waals surface area contributed by atoms with Gasteiger partial charge >= 0.3 is 5.97 Å². The van der Waals surface area contributed by atoms with Gasteiger partial charge in [0, 0.05) is 6.92 Å². The average molecular weight is 262 g/mol. The number of hydrogen-bond acceptors (Lipinski definition) is 2. The van der Waals surface area contributed by atoms with E-state index in [9.17, 15) is 4.79 Å². The number of ether oxygens (including phenoxy) is 1. The molecule has 0 unspecified atom stereocenters. The van der Waals surface area contributed by atoms with E-state index in [0.29, 0.717) is 6.61 Å². The van der Waals surface area contributed by atoms with E-state index in [1.807, 2.05) is 72.8 Å². The van der Waals surface area contributed by atoms with Crippen LogP contribution >= 0.6 is 0 Å². The third kappa shape index (κ3) is 18.4. The zero-order chi connectivity index (χ0) is 13.5. The van der Waals surface area contributed by atoms with Crippen molar-refractivity contribution in [2.75, 3.05) is 6.61 Å². The molecule has 0 amide bonds. The second-order valence-corrected chi connectivity index (χ2v) is 3.23. The zero-order valence-corrected chi connectivity index (χ0v) is 11.5. The summed E-state index contributed by atoms with van der Waals surface area (Å²) in [4.78, 5) is 9.82. The summed E-state index contributed by atoms with van der Waals surface area (Å²) in [5, 5.41) is 0. The van der Waals surface area contributed by atoms with E-state index in [-0.39, 0.29) is 11.4 Å². The molecule has 2 aromatic rings. The summed E-state index contributed by atoms with van der Waals surface area (Å²) < 4.78 is 4.40. The molecule has 0 radical (unpaired) electrons. The van der Waals surface area contributed by atoms with Crippen molar-refractivity contribution in [2.45, 2.75) is 13.8 Å². The van der Waals surface area contributed by atoms with Crippen molar-refractivity contribution in [1.29, 1.82) is 0 Å². The Hall–Kier alpha value is -2.13. The molecule has 0 heterocycles. The highest BCUT2D eigenvalue weighted by molar-refractivity contribution is 5.65.